The summed E-state index contributed by atoms with van der Waals surface area (Å²) in [5.41, 5.74) is -5.85. The fraction of sp³-hybridized carbons (Fsp3) is 0.500. The number of hydrogen-bond donors (Lipinski definition) is 1. The first-order chi connectivity index (χ1) is 9.88. The van der Waals surface area contributed by atoms with E-state index >= 15 is 0 Å². The Balaban J connectivity index is 2.41. The highest BCUT2D eigenvalue weighted by molar-refractivity contribution is 5.94. The Labute approximate surface area is 118 Å². The predicted molar refractivity (Wildman–Crippen MR) is 58.5 cm³/mol. The predicted octanol–water partition coefficient (Wildman–Crippen LogP) is 1.52. The van der Waals surface area contributed by atoms with Gasteiger partial charge in [-0.05, 0) is 0 Å². The van der Waals surface area contributed by atoms with Gasteiger partial charge in [0.1, 0.15) is 5.69 Å². The van der Waals surface area contributed by atoms with Crippen LogP contribution in [0.2, 0.25) is 0 Å². The van der Waals surface area contributed by atoms with Crippen LogP contribution in [0, 0.1) is 0 Å². The molecule has 0 aliphatic carbocycles. The van der Waals surface area contributed by atoms with Gasteiger partial charge in [-0.2, -0.15) is 41.6 Å². The number of hydrogen-bond acceptors (Lipinski definition) is 4. The van der Waals surface area contributed by atoms with Crippen LogP contribution in [0.1, 0.15) is 22.6 Å². The Morgan fingerprint density at radius 3 is 2.36 bits per heavy atom. The van der Waals surface area contributed by atoms with Crippen LogP contribution in [0.25, 0.3) is 0 Å². The fourth-order valence-corrected chi connectivity index (χ4v) is 1.80. The third-order valence-electron chi connectivity index (χ3n) is 2.96. The molecule has 0 radical (unpaired) electrons. The highest BCUT2D eigenvalue weighted by atomic mass is 19.4. The van der Waals surface area contributed by atoms with Crippen molar-refractivity contribution in [2.45, 2.75) is 24.5 Å². The topological polar surface area (TPSA) is 70.7 Å². The van der Waals surface area contributed by atoms with E-state index in [-0.39, 0.29) is 11.1 Å². The number of carbonyl (C=O) groups is 1. The third-order valence-corrected chi connectivity index (χ3v) is 2.96. The average Bonchev–Trinajstić information content (AvgIpc) is 2.91. The number of alkyl halides is 6. The molecule has 0 saturated heterocycles. The van der Waals surface area contributed by atoms with Crippen molar-refractivity contribution in [3.05, 3.63) is 17.5 Å². The van der Waals surface area contributed by atoms with E-state index in [1.54, 1.807) is 0 Å². The normalized spacial score (nSPS) is 22.5. The van der Waals surface area contributed by atoms with Gasteiger partial charge in [0.25, 0.3) is 11.6 Å². The lowest BCUT2D eigenvalue weighted by Gasteiger charge is -2.32. The lowest BCUT2D eigenvalue weighted by molar-refractivity contribution is -0.297. The number of amides is 1. The summed E-state index contributed by atoms with van der Waals surface area (Å²) in [6.07, 6.45) is -10.5. The Kier molecular flexibility index (Phi) is 3.47. The van der Waals surface area contributed by atoms with Gasteiger partial charge in [0.05, 0.1) is 0 Å². The zero-order chi connectivity index (χ0) is 16.9. The lowest BCUT2D eigenvalue weighted by Crippen LogP contribution is -2.56. The number of aromatic nitrogens is 2. The molecular formula is C10H8F6N4O2. The summed E-state index contributed by atoms with van der Waals surface area (Å²) in [5, 5.41) is 15.4. The molecule has 1 aliphatic rings. The summed E-state index contributed by atoms with van der Waals surface area (Å²) >= 11 is 0. The van der Waals surface area contributed by atoms with Crippen molar-refractivity contribution in [2.75, 3.05) is 0 Å². The maximum absolute atomic E-state index is 12.8. The lowest BCUT2D eigenvalue weighted by atomic mass is 10.1. The fourth-order valence-electron chi connectivity index (χ4n) is 1.80. The molecule has 0 fully saturated rings. The molecule has 1 aromatic heterocycles. The minimum absolute atomic E-state index is 0.285. The van der Waals surface area contributed by atoms with E-state index in [0.717, 1.165) is 7.05 Å². The molecule has 0 aromatic carbocycles. The summed E-state index contributed by atoms with van der Waals surface area (Å²) in [7, 11) is 0.953. The van der Waals surface area contributed by atoms with Crippen LogP contribution >= 0.6 is 0 Å². The van der Waals surface area contributed by atoms with E-state index < -0.39 is 41.8 Å². The zero-order valence-corrected chi connectivity index (χ0v) is 10.8. The van der Waals surface area contributed by atoms with Crippen LogP contribution in [0.5, 0.6) is 0 Å². The van der Waals surface area contributed by atoms with Gasteiger partial charge < -0.3 is 5.11 Å². The maximum atomic E-state index is 12.8. The number of halogens is 6. The molecule has 1 aliphatic heterocycles. The van der Waals surface area contributed by atoms with Gasteiger partial charge >= 0.3 is 12.4 Å². The summed E-state index contributed by atoms with van der Waals surface area (Å²) in [6.45, 7) is 0. The summed E-state index contributed by atoms with van der Waals surface area (Å²) in [5.74, 6) is -1.56. The zero-order valence-electron chi connectivity index (χ0n) is 10.8. The Hall–Kier alpha value is -2.11. The third kappa shape index (κ3) is 2.42. The molecule has 122 valence electrons. The molecule has 12 heteroatoms. The maximum Gasteiger partial charge on any atom is 0.438 e. The van der Waals surface area contributed by atoms with Crippen molar-refractivity contribution in [1.82, 2.24) is 14.8 Å². The van der Waals surface area contributed by atoms with E-state index in [4.69, 9.17) is 0 Å². The summed E-state index contributed by atoms with van der Waals surface area (Å²) < 4.78 is 76.5. The molecule has 1 amide bonds. The number of nitrogens with zero attached hydrogens (tertiary/aromatic N) is 4. The highest BCUT2D eigenvalue weighted by Gasteiger charge is 2.62. The van der Waals surface area contributed by atoms with Crippen molar-refractivity contribution in [3.63, 3.8) is 0 Å². The minimum atomic E-state index is -5.23. The van der Waals surface area contributed by atoms with Gasteiger partial charge in [-0.25, -0.2) is 0 Å². The van der Waals surface area contributed by atoms with Crippen molar-refractivity contribution in [1.29, 1.82) is 0 Å². The number of carbonyl (C=O) groups excluding carboxylic acids is 1. The molecule has 0 bridgehead atoms. The highest BCUT2D eigenvalue weighted by Crippen LogP contribution is 2.39. The SMILES string of the molecule is Cn1nc(C(F)(F)F)cc1C(=O)N1N=CCC1(O)C(F)(F)F. The van der Waals surface area contributed by atoms with Crippen LogP contribution < -0.4 is 0 Å². The van der Waals surface area contributed by atoms with Crippen molar-refractivity contribution >= 4 is 12.1 Å². The number of aryl methyl sites for hydroxylation is 1. The first-order valence-corrected chi connectivity index (χ1v) is 5.65. The van der Waals surface area contributed by atoms with Gasteiger partial charge in [0.15, 0.2) is 5.69 Å². The van der Waals surface area contributed by atoms with Crippen molar-refractivity contribution in [3.8, 4) is 0 Å². The van der Waals surface area contributed by atoms with E-state index in [9.17, 15) is 36.2 Å². The van der Waals surface area contributed by atoms with E-state index in [1.807, 2.05) is 0 Å². The monoisotopic (exact) mass is 330 g/mol. The van der Waals surface area contributed by atoms with E-state index in [2.05, 4.69) is 10.2 Å². The second kappa shape index (κ2) is 4.69. The first kappa shape index (κ1) is 16.3. The number of hydrazone groups is 1. The molecular weight excluding hydrogens is 322 g/mol. The van der Waals surface area contributed by atoms with Gasteiger partial charge in [0, 0.05) is 25.7 Å². The molecule has 0 spiro atoms. The van der Waals surface area contributed by atoms with Gasteiger partial charge in [-0.1, -0.05) is 0 Å². The molecule has 22 heavy (non-hydrogen) atoms. The molecule has 0 saturated carbocycles. The molecule has 2 heterocycles. The molecule has 1 N–H and O–H groups in total. The van der Waals surface area contributed by atoms with Crippen LogP contribution in [0.3, 0.4) is 0 Å². The standard InChI is InChI=1S/C10H8F6N4O2/c1-19-5(4-6(18-19)9(11,12)13)7(21)20-8(22,2-3-17-20)10(14,15)16/h3-4,22H,2H2,1H3. The van der Waals surface area contributed by atoms with Crippen molar-refractivity contribution < 1.29 is 36.2 Å². The molecule has 1 atom stereocenters. The summed E-state index contributed by atoms with van der Waals surface area (Å²) in [4.78, 5) is 12.0. The Morgan fingerprint density at radius 2 is 1.91 bits per heavy atom. The van der Waals surface area contributed by atoms with Gasteiger partial charge in [0.2, 0.25) is 0 Å². The quantitative estimate of drug-likeness (QED) is 0.794. The molecule has 2 rings (SSSR count). The van der Waals surface area contributed by atoms with Crippen LogP contribution in [0.4, 0.5) is 26.3 Å². The van der Waals surface area contributed by atoms with Crippen LogP contribution in [-0.4, -0.2) is 43.9 Å². The van der Waals surface area contributed by atoms with Gasteiger partial charge in [-0.15, -0.1) is 0 Å². The number of aliphatic hydroxyl groups is 1. The number of rotatable bonds is 1. The van der Waals surface area contributed by atoms with Crippen LogP contribution in [-0.2, 0) is 13.2 Å². The van der Waals surface area contributed by atoms with Crippen molar-refractivity contribution in [2.24, 2.45) is 12.1 Å². The Morgan fingerprint density at radius 1 is 1.32 bits per heavy atom. The smallest absolute Gasteiger partial charge is 0.362 e. The van der Waals surface area contributed by atoms with E-state index in [0.29, 0.717) is 10.9 Å². The molecule has 1 unspecified atom stereocenters. The molecule has 6 nitrogen and oxygen atoms in total. The second-order valence-electron chi connectivity index (χ2n) is 4.47. The van der Waals surface area contributed by atoms with E-state index in [1.165, 1.54) is 0 Å². The van der Waals surface area contributed by atoms with Crippen LogP contribution in [0.15, 0.2) is 11.2 Å². The van der Waals surface area contributed by atoms with Gasteiger partial charge in [-0.3, -0.25) is 9.48 Å². The first-order valence-electron chi connectivity index (χ1n) is 5.65. The Bertz CT molecular complexity index is 634. The average molecular weight is 330 g/mol. The summed E-state index contributed by atoms with van der Waals surface area (Å²) in [6, 6.07) is 0.285. The largest absolute Gasteiger partial charge is 0.438 e. The minimum Gasteiger partial charge on any atom is -0.362 e. The molecule has 1 aromatic rings. The second-order valence-corrected chi connectivity index (χ2v) is 4.47.